The summed E-state index contributed by atoms with van der Waals surface area (Å²) in [6.45, 7) is 1.76. The number of hydrogen-bond acceptors (Lipinski definition) is 6. The first-order valence-electron chi connectivity index (χ1n) is 7.59. The molecule has 1 aliphatic rings. The zero-order chi connectivity index (χ0) is 18.3. The molecule has 6 heteroatoms. The number of carbonyl (C=O) groups is 2. The summed E-state index contributed by atoms with van der Waals surface area (Å²) in [4.78, 5) is 26.3. The van der Waals surface area contributed by atoms with Gasteiger partial charge in [0.2, 0.25) is 0 Å². The molecule has 25 heavy (non-hydrogen) atoms. The zero-order valence-corrected chi connectivity index (χ0v) is 14.7. The molecule has 2 aromatic carbocycles. The summed E-state index contributed by atoms with van der Waals surface area (Å²) in [6, 6.07) is 4.81. The van der Waals surface area contributed by atoms with Crippen LogP contribution in [0.5, 0.6) is 23.0 Å². The van der Waals surface area contributed by atoms with E-state index in [9.17, 15) is 9.59 Å². The summed E-state index contributed by atoms with van der Waals surface area (Å²) in [5, 5.41) is 0. The first-order valence-corrected chi connectivity index (χ1v) is 7.59. The molecule has 0 bridgehead atoms. The minimum absolute atomic E-state index is 0.201. The molecule has 0 heterocycles. The number of methoxy groups -OCH3 is 4. The smallest absolute Gasteiger partial charge is 0.198 e. The van der Waals surface area contributed by atoms with E-state index >= 15 is 0 Å². The molecule has 6 nitrogen and oxygen atoms in total. The lowest BCUT2D eigenvalue weighted by Gasteiger charge is -2.24. The van der Waals surface area contributed by atoms with Gasteiger partial charge in [0.25, 0.3) is 0 Å². The number of ketones is 2. The maximum atomic E-state index is 13.2. The van der Waals surface area contributed by atoms with E-state index in [1.165, 1.54) is 34.5 Å². The van der Waals surface area contributed by atoms with Crippen molar-refractivity contribution in [2.45, 2.75) is 6.92 Å². The normalized spacial score (nSPS) is 12.4. The SMILES string of the molecule is COc1cc(OC)c2c(c1)C(=O)c1c(OC)c(OC)cc(C)c1C2=O. The molecular weight excluding hydrogens is 324 g/mol. The van der Waals surface area contributed by atoms with Crippen molar-refractivity contribution in [1.82, 2.24) is 0 Å². The topological polar surface area (TPSA) is 71.1 Å². The predicted octanol–water partition coefficient (Wildman–Crippen LogP) is 2.80. The van der Waals surface area contributed by atoms with Gasteiger partial charge < -0.3 is 18.9 Å². The van der Waals surface area contributed by atoms with Crippen molar-refractivity contribution in [3.05, 3.63) is 46.0 Å². The van der Waals surface area contributed by atoms with Gasteiger partial charge in [0, 0.05) is 17.2 Å². The van der Waals surface area contributed by atoms with E-state index in [0.29, 0.717) is 28.4 Å². The standard InChI is InChI=1S/C19H18O6/c1-9-6-13(24-4)19(25-5)16-14(9)18(21)15-11(17(16)20)7-10(22-2)8-12(15)23-3/h6-8H,1-5H3. The van der Waals surface area contributed by atoms with Gasteiger partial charge >= 0.3 is 0 Å². The van der Waals surface area contributed by atoms with Gasteiger partial charge in [0.1, 0.15) is 11.5 Å². The van der Waals surface area contributed by atoms with Crippen molar-refractivity contribution in [3.63, 3.8) is 0 Å². The van der Waals surface area contributed by atoms with Crippen LogP contribution in [0.4, 0.5) is 0 Å². The molecule has 0 N–H and O–H groups in total. The Labute approximate surface area is 145 Å². The number of rotatable bonds is 4. The fraction of sp³-hybridized carbons (Fsp3) is 0.263. The summed E-state index contributed by atoms with van der Waals surface area (Å²) < 4.78 is 21.2. The van der Waals surface area contributed by atoms with Crippen LogP contribution in [0.1, 0.15) is 37.4 Å². The minimum Gasteiger partial charge on any atom is -0.497 e. The molecule has 0 atom stereocenters. The lowest BCUT2D eigenvalue weighted by atomic mass is 9.80. The Morgan fingerprint density at radius 3 is 1.92 bits per heavy atom. The molecule has 3 rings (SSSR count). The molecule has 0 radical (unpaired) electrons. The van der Waals surface area contributed by atoms with Gasteiger partial charge in [0.15, 0.2) is 23.1 Å². The molecule has 130 valence electrons. The van der Waals surface area contributed by atoms with Gasteiger partial charge in [-0.15, -0.1) is 0 Å². The monoisotopic (exact) mass is 342 g/mol. The molecule has 1 aliphatic carbocycles. The summed E-state index contributed by atoms with van der Waals surface area (Å²) >= 11 is 0. The summed E-state index contributed by atoms with van der Waals surface area (Å²) in [7, 11) is 5.85. The van der Waals surface area contributed by atoms with Crippen molar-refractivity contribution < 1.29 is 28.5 Å². The van der Waals surface area contributed by atoms with E-state index < -0.39 is 0 Å². The second kappa shape index (κ2) is 6.12. The van der Waals surface area contributed by atoms with Gasteiger partial charge in [-0.2, -0.15) is 0 Å². The number of fused-ring (bicyclic) bond motifs is 2. The van der Waals surface area contributed by atoms with Crippen LogP contribution in [0, 0.1) is 6.92 Å². The maximum Gasteiger partial charge on any atom is 0.198 e. The highest BCUT2D eigenvalue weighted by molar-refractivity contribution is 6.31. The lowest BCUT2D eigenvalue weighted by Crippen LogP contribution is -2.24. The van der Waals surface area contributed by atoms with Gasteiger partial charge in [-0.25, -0.2) is 0 Å². The maximum absolute atomic E-state index is 13.2. The first kappa shape index (κ1) is 16.8. The molecule has 0 aliphatic heterocycles. The van der Waals surface area contributed by atoms with Gasteiger partial charge in [-0.1, -0.05) is 0 Å². The molecule has 0 amide bonds. The number of hydrogen-bond donors (Lipinski definition) is 0. The van der Waals surface area contributed by atoms with Crippen LogP contribution >= 0.6 is 0 Å². The average Bonchev–Trinajstić information content (AvgIpc) is 2.63. The van der Waals surface area contributed by atoms with E-state index in [1.807, 2.05) is 0 Å². The Kier molecular flexibility index (Phi) is 4.12. The van der Waals surface area contributed by atoms with Crippen LogP contribution in [-0.4, -0.2) is 40.0 Å². The lowest BCUT2D eigenvalue weighted by molar-refractivity contribution is 0.0972. The van der Waals surface area contributed by atoms with Crippen molar-refractivity contribution in [1.29, 1.82) is 0 Å². The molecule has 0 saturated carbocycles. The van der Waals surface area contributed by atoms with E-state index in [4.69, 9.17) is 18.9 Å². The number of ether oxygens (including phenoxy) is 4. The molecule has 0 spiro atoms. The third-order valence-electron chi connectivity index (χ3n) is 4.32. The molecule has 0 unspecified atom stereocenters. The Hall–Kier alpha value is -3.02. The van der Waals surface area contributed by atoms with Crippen molar-refractivity contribution >= 4 is 11.6 Å². The van der Waals surface area contributed by atoms with Gasteiger partial charge in [-0.3, -0.25) is 9.59 Å². The molecule has 0 fully saturated rings. The Morgan fingerprint density at radius 2 is 1.36 bits per heavy atom. The quantitative estimate of drug-likeness (QED) is 0.726. The number of carbonyl (C=O) groups excluding carboxylic acids is 2. The third kappa shape index (κ3) is 2.33. The second-order valence-electron chi connectivity index (χ2n) is 5.59. The summed E-state index contributed by atoms with van der Waals surface area (Å²) in [6.07, 6.45) is 0. The second-order valence-corrected chi connectivity index (χ2v) is 5.59. The van der Waals surface area contributed by atoms with Crippen LogP contribution in [0.2, 0.25) is 0 Å². The number of benzene rings is 2. The van der Waals surface area contributed by atoms with E-state index in [1.54, 1.807) is 19.1 Å². The molecular formula is C19H18O6. The highest BCUT2D eigenvalue weighted by atomic mass is 16.5. The van der Waals surface area contributed by atoms with Crippen LogP contribution < -0.4 is 18.9 Å². The predicted molar refractivity (Wildman–Crippen MR) is 90.7 cm³/mol. The van der Waals surface area contributed by atoms with Gasteiger partial charge in [0.05, 0.1) is 39.6 Å². The number of aryl methyl sites for hydroxylation is 1. The third-order valence-corrected chi connectivity index (χ3v) is 4.32. The highest BCUT2D eigenvalue weighted by Crippen LogP contribution is 2.44. The largest absolute Gasteiger partial charge is 0.497 e. The minimum atomic E-state index is -0.333. The fourth-order valence-electron chi connectivity index (χ4n) is 3.17. The van der Waals surface area contributed by atoms with E-state index in [0.717, 1.165) is 0 Å². The molecule has 0 aromatic heterocycles. The van der Waals surface area contributed by atoms with Crippen molar-refractivity contribution in [3.8, 4) is 23.0 Å². The van der Waals surface area contributed by atoms with Crippen molar-refractivity contribution in [2.75, 3.05) is 28.4 Å². The average molecular weight is 342 g/mol. The highest BCUT2D eigenvalue weighted by Gasteiger charge is 2.38. The Morgan fingerprint density at radius 1 is 0.680 bits per heavy atom. The van der Waals surface area contributed by atoms with Crippen LogP contribution in [0.25, 0.3) is 0 Å². The summed E-state index contributed by atoms with van der Waals surface area (Å²) in [5.74, 6) is 0.752. The van der Waals surface area contributed by atoms with Crippen LogP contribution in [0.15, 0.2) is 18.2 Å². The zero-order valence-electron chi connectivity index (χ0n) is 14.7. The van der Waals surface area contributed by atoms with Crippen molar-refractivity contribution in [2.24, 2.45) is 0 Å². The molecule has 0 saturated heterocycles. The Balaban J connectivity index is 2.40. The summed E-state index contributed by atoms with van der Waals surface area (Å²) in [5.41, 5.74) is 1.59. The molecule has 2 aromatic rings. The van der Waals surface area contributed by atoms with E-state index in [-0.39, 0.29) is 34.0 Å². The van der Waals surface area contributed by atoms with Crippen LogP contribution in [0.3, 0.4) is 0 Å². The fourth-order valence-corrected chi connectivity index (χ4v) is 3.17. The first-order chi connectivity index (χ1) is 12.0. The Bertz CT molecular complexity index is 898. The van der Waals surface area contributed by atoms with Gasteiger partial charge in [-0.05, 0) is 24.6 Å². The van der Waals surface area contributed by atoms with Crippen LogP contribution in [-0.2, 0) is 0 Å². The van der Waals surface area contributed by atoms with E-state index in [2.05, 4.69) is 0 Å².